The number of halogens is 3. The minimum Gasteiger partial charge on any atom is -0.385 e. The van der Waals surface area contributed by atoms with Crippen LogP contribution in [0, 0.1) is 0 Å². The molecule has 0 bridgehead atoms. The van der Waals surface area contributed by atoms with Crippen LogP contribution in [0.4, 0.5) is 24.5 Å². The Hall–Kier alpha value is -3.07. The van der Waals surface area contributed by atoms with Gasteiger partial charge in [0.05, 0.1) is 12.1 Å². The monoisotopic (exact) mass is 409 g/mol. The summed E-state index contributed by atoms with van der Waals surface area (Å²) in [7, 11) is 1.58. The molecule has 0 unspecified atom stereocenters. The van der Waals surface area contributed by atoms with E-state index >= 15 is 0 Å². The lowest BCUT2D eigenvalue weighted by Gasteiger charge is -2.11. The fourth-order valence-electron chi connectivity index (χ4n) is 2.45. The molecule has 0 spiro atoms. The molecule has 0 aliphatic carbocycles. The zero-order chi connectivity index (χ0) is 21.3. The van der Waals surface area contributed by atoms with E-state index in [2.05, 4.69) is 16.0 Å². The van der Waals surface area contributed by atoms with Gasteiger partial charge in [-0.05, 0) is 42.8 Å². The van der Waals surface area contributed by atoms with Crippen molar-refractivity contribution in [3.05, 3.63) is 59.7 Å². The number of nitrogens with one attached hydrogen (secondary N) is 3. The number of methoxy groups -OCH3 is 1. The molecule has 0 fully saturated rings. The lowest BCUT2D eigenvalue weighted by atomic mass is 10.2. The van der Waals surface area contributed by atoms with Crippen molar-refractivity contribution >= 4 is 23.2 Å². The minimum atomic E-state index is -4.45. The summed E-state index contributed by atoms with van der Waals surface area (Å²) < 4.78 is 43.1. The van der Waals surface area contributed by atoms with Crippen LogP contribution in [0.25, 0.3) is 0 Å². The maximum absolute atomic E-state index is 12.7. The number of carbonyl (C=O) groups excluding carboxylic acids is 2. The lowest BCUT2D eigenvalue weighted by molar-refractivity contribution is -0.137. The Labute approximate surface area is 166 Å². The van der Waals surface area contributed by atoms with E-state index in [0.29, 0.717) is 30.8 Å². The van der Waals surface area contributed by atoms with Gasteiger partial charge in [0.2, 0.25) is 5.91 Å². The van der Waals surface area contributed by atoms with Crippen molar-refractivity contribution < 1.29 is 27.5 Å². The van der Waals surface area contributed by atoms with Gasteiger partial charge in [0, 0.05) is 37.2 Å². The van der Waals surface area contributed by atoms with Gasteiger partial charge in [0.25, 0.3) is 5.91 Å². The molecule has 2 rings (SSSR count). The van der Waals surface area contributed by atoms with Gasteiger partial charge in [-0.15, -0.1) is 0 Å². The van der Waals surface area contributed by atoms with E-state index in [1.807, 2.05) is 0 Å². The Morgan fingerprint density at radius 2 is 1.76 bits per heavy atom. The second kappa shape index (κ2) is 10.5. The third-order valence-electron chi connectivity index (χ3n) is 3.86. The Kier molecular flexibility index (Phi) is 8.02. The number of hydrogen-bond acceptors (Lipinski definition) is 4. The Balaban J connectivity index is 1.88. The van der Waals surface area contributed by atoms with Crippen LogP contribution in [0.3, 0.4) is 0 Å². The summed E-state index contributed by atoms with van der Waals surface area (Å²) in [5.74, 6) is -0.737. The summed E-state index contributed by atoms with van der Waals surface area (Å²) in [6.45, 7) is 0.772. The molecule has 29 heavy (non-hydrogen) atoms. The standard InChI is InChI=1S/C20H22F3N3O3/c1-29-10-4-9-24-19(28)14-5-2-8-17(11-14)26-18(27)13-25-16-7-3-6-15(12-16)20(21,22)23/h2-3,5-8,11-12,25H,4,9-10,13H2,1H3,(H,24,28)(H,26,27). The normalized spacial score (nSPS) is 11.0. The SMILES string of the molecule is COCCCNC(=O)c1cccc(NC(=O)CNc2cccc(C(F)(F)F)c2)c1. The molecule has 0 saturated heterocycles. The Bertz CT molecular complexity index is 841. The topological polar surface area (TPSA) is 79.5 Å². The number of ether oxygens (including phenoxy) is 1. The first-order valence-corrected chi connectivity index (χ1v) is 8.88. The van der Waals surface area contributed by atoms with Crippen molar-refractivity contribution in [3.8, 4) is 0 Å². The number of carbonyl (C=O) groups is 2. The molecule has 0 aliphatic heterocycles. The maximum atomic E-state index is 12.7. The Morgan fingerprint density at radius 1 is 1.03 bits per heavy atom. The van der Waals surface area contributed by atoms with E-state index in [9.17, 15) is 22.8 Å². The molecule has 0 heterocycles. The molecule has 0 aliphatic rings. The van der Waals surface area contributed by atoms with Crippen LogP contribution in [-0.2, 0) is 15.7 Å². The third kappa shape index (κ3) is 7.46. The molecule has 0 radical (unpaired) electrons. The van der Waals surface area contributed by atoms with Gasteiger partial charge in [0.1, 0.15) is 0 Å². The fourth-order valence-corrected chi connectivity index (χ4v) is 2.45. The number of rotatable bonds is 9. The molecule has 0 aromatic heterocycles. The smallest absolute Gasteiger partial charge is 0.385 e. The fraction of sp³-hybridized carbons (Fsp3) is 0.300. The van der Waals surface area contributed by atoms with Crippen LogP contribution in [0.15, 0.2) is 48.5 Å². The lowest BCUT2D eigenvalue weighted by Crippen LogP contribution is -2.25. The maximum Gasteiger partial charge on any atom is 0.416 e. The molecule has 6 nitrogen and oxygen atoms in total. The summed E-state index contributed by atoms with van der Waals surface area (Å²) in [6, 6.07) is 11.0. The summed E-state index contributed by atoms with van der Waals surface area (Å²) in [5.41, 5.74) is 0.169. The van der Waals surface area contributed by atoms with E-state index in [-0.39, 0.29) is 18.1 Å². The number of anilines is 2. The summed E-state index contributed by atoms with van der Waals surface area (Å²) in [4.78, 5) is 24.2. The summed E-state index contributed by atoms with van der Waals surface area (Å²) in [6.07, 6.45) is -3.77. The van der Waals surface area contributed by atoms with Crippen molar-refractivity contribution in [3.63, 3.8) is 0 Å². The molecular weight excluding hydrogens is 387 g/mol. The molecule has 2 aromatic carbocycles. The van der Waals surface area contributed by atoms with Crippen molar-refractivity contribution in [1.29, 1.82) is 0 Å². The average Bonchev–Trinajstić information content (AvgIpc) is 2.69. The zero-order valence-corrected chi connectivity index (χ0v) is 15.8. The van der Waals surface area contributed by atoms with Gasteiger partial charge in [-0.1, -0.05) is 12.1 Å². The van der Waals surface area contributed by atoms with E-state index in [1.165, 1.54) is 18.2 Å². The molecule has 0 saturated carbocycles. The van der Waals surface area contributed by atoms with Crippen molar-refractivity contribution in [2.24, 2.45) is 0 Å². The second-order valence-corrected chi connectivity index (χ2v) is 6.16. The predicted molar refractivity (Wildman–Crippen MR) is 104 cm³/mol. The highest BCUT2D eigenvalue weighted by atomic mass is 19.4. The van der Waals surface area contributed by atoms with Crippen molar-refractivity contribution in [1.82, 2.24) is 5.32 Å². The van der Waals surface area contributed by atoms with Crippen LogP contribution in [-0.4, -0.2) is 38.6 Å². The van der Waals surface area contributed by atoms with E-state index in [1.54, 1.807) is 25.3 Å². The van der Waals surface area contributed by atoms with Crippen LogP contribution in [0.1, 0.15) is 22.3 Å². The van der Waals surface area contributed by atoms with E-state index in [4.69, 9.17) is 4.74 Å². The van der Waals surface area contributed by atoms with Crippen molar-refractivity contribution in [2.75, 3.05) is 37.4 Å². The highest BCUT2D eigenvalue weighted by Crippen LogP contribution is 2.30. The summed E-state index contributed by atoms with van der Waals surface area (Å²) >= 11 is 0. The quantitative estimate of drug-likeness (QED) is 0.554. The van der Waals surface area contributed by atoms with Crippen LogP contribution < -0.4 is 16.0 Å². The molecule has 9 heteroatoms. The number of amides is 2. The zero-order valence-electron chi connectivity index (χ0n) is 15.8. The molecule has 0 atom stereocenters. The van der Waals surface area contributed by atoms with Gasteiger partial charge < -0.3 is 20.7 Å². The van der Waals surface area contributed by atoms with Crippen molar-refractivity contribution in [2.45, 2.75) is 12.6 Å². The van der Waals surface area contributed by atoms with Gasteiger partial charge >= 0.3 is 6.18 Å². The van der Waals surface area contributed by atoms with Gasteiger partial charge in [0.15, 0.2) is 0 Å². The van der Waals surface area contributed by atoms with Crippen LogP contribution in [0.5, 0.6) is 0 Å². The average molecular weight is 409 g/mol. The molecule has 156 valence electrons. The first kappa shape index (κ1) is 22.2. The minimum absolute atomic E-state index is 0.180. The number of benzene rings is 2. The Morgan fingerprint density at radius 3 is 2.48 bits per heavy atom. The number of alkyl halides is 3. The van der Waals surface area contributed by atoms with Gasteiger partial charge in [-0.3, -0.25) is 9.59 Å². The highest BCUT2D eigenvalue weighted by Gasteiger charge is 2.30. The van der Waals surface area contributed by atoms with Gasteiger partial charge in [-0.25, -0.2) is 0 Å². The second-order valence-electron chi connectivity index (χ2n) is 6.16. The van der Waals surface area contributed by atoms with Gasteiger partial charge in [-0.2, -0.15) is 13.2 Å². The van der Waals surface area contributed by atoms with Crippen LogP contribution >= 0.6 is 0 Å². The molecule has 2 amide bonds. The van der Waals surface area contributed by atoms with E-state index < -0.39 is 17.6 Å². The molecular formula is C20H22F3N3O3. The predicted octanol–water partition coefficient (Wildman–Crippen LogP) is 3.52. The largest absolute Gasteiger partial charge is 0.416 e. The molecule has 3 N–H and O–H groups in total. The summed E-state index contributed by atoms with van der Waals surface area (Å²) in [5, 5.41) is 8.00. The first-order valence-electron chi connectivity index (χ1n) is 8.88. The number of hydrogen-bond donors (Lipinski definition) is 3. The van der Waals surface area contributed by atoms with Crippen LogP contribution in [0.2, 0.25) is 0 Å². The molecule has 2 aromatic rings. The highest BCUT2D eigenvalue weighted by molar-refractivity contribution is 5.98. The van der Waals surface area contributed by atoms with E-state index in [0.717, 1.165) is 12.1 Å². The first-order chi connectivity index (χ1) is 13.8. The third-order valence-corrected chi connectivity index (χ3v) is 3.86.